The van der Waals surface area contributed by atoms with Gasteiger partial charge in [0.2, 0.25) is 0 Å². The molecule has 1 aliphatic rings. The molecule has 1 aliphatic heterocycles. The third-order valence-electron chi connectivity index (χ3n) is 3.35. The molecule has 2 rings (SSSR count). The SMILES string of the molecule is C[C@@H]1CCC[C@H](C)N1C(=O)Oc1ccccc1. The molecule has 0 N–H and O–H groups in total. The van der Waals surface area contributed by atoms with Crippen LogP contribution < -0.4 is 4.74 Å². The van der Waals surface area contributed by atoms with Gasteiger partial charge in [-0.3, -0.25) is 0 Å². The molecule has 3 heteroatoms. The molecule has 0 radical (unpaired) electrons. The van der Waals surface area contributed by atoms with Crippen LogP contribution in [-0.2, 0) is 0 Å². The summed E-state index contributed by atoms with van der Waals surface area (Å²) in [5.41, 5.74) is 0. The average Bonchev–Trinajstić information content (AvgIpc) is 2.30. The lowest BCUT2D eigenvalue weighted by Crippen LogP contribution is -2.48. The van der Waals surface area contributed by atoms with E-state index in [2.05, 4.69) is 13.8 Å². The van der Waals surface area contributed by atoms with Crippen LogP contribution >= 0.6 is 0 Å². The summed E-state index contributed by atoms with van der Waals surface area (Å²) in [5.74, 6) is 0.613. The zero-order valence-electron chi connectivity index (χ0n) is 10.4. The van der Waals surface area contributed by atoms with Crippen LogP contribution in [0.5, 0.6) is 5.75 Å². The van der Waals surface area contributed by atoms with Crippen LogP contribution in [0.3, 0.4) is 0 Å². The van der Waals surface area contributed by atoms with E-state index in [0.29, 0.717) is 5.75 Å². The molecule has 0 bridgehead atoms. The minimum atomic E-state index is -0.226. The monoisotopic (exact) mass is 233 g/mol. The van der Waals surface area contributed by atoms with Gasteiger partial charge >= 0.3 is 6.09 Å². The van der Waals surface area contributed by atoms with Gasteiger partial charge in [0.1, 0.15) is 5.75 Å². The summed E-state index contributed by atoms with van der Waals surface area (Å²) in [4.78, 5) is 13.9. The number of benzene rings is 1. The van der Waals surface area contributed by atoms with E-state index in [1.807, 2.05) is 23.1 Å². The van der Waals surface area contributed by atoms with Crippen LogP contribution in [0.25, 0.3) is 0 Å². The molecule has 0 aliphatic carbocycles. The molecule has 1 saturated heterocycles. The van der Waals surface area contributed by atoms with Gasteiger partial charge in [0.15, 0.2) is 0 Å². The minimum Gasteiger partial charge on any atom is -0.410 e. The highest BCUT2D eigenvalue weighted by atomic mass is 16.6. The third kappa shape index (κ3) is 2.78. The fraction of sp³-hybridized carbons (Fsp3) is 0.500. The molecule has 1 amide bonds. The Bertz CT molecular complexity index is 367. The Morgan fingerprint density at radius 3 is 2.35 bits per heavy atom. The quantitative estimate of drug-likeness (QED) is 0.743. The van der Waals surface area contributed by atoms with E-state index >= 15 is 0 Å². The van der Waals surface area contributed by atoms with E-state index in [4.69, 9.17) is 4.74 Å². The van der Waals surface area contributed by atoms with Crippen molar-refractivity contribution >= 4 is 6.09 Å². The first-order valence-electron chi connectivity index (χ1n) is 6.23. The molecule has 92 valence electrons. The van der Waals surface area contributed by atoms with Crippen LogP contribution in [0, 0.1) is 0 Å². The standard InChI is InChI=1S/C14H19NO2/c1-11-7-6-8-12(2)15(11)14(16)17-13-9-4-3-5-10-13/h3-5,9-12H,6-8H2,1-2H3/t11-,12+. The Hall–Kier alpha value is -1.51. The number of ether oxygens (including phenoxy) is 1. The molecule has 0 spiro atoms. The van der Waals surface area contributed by atoms with E-state index in [1.54, 1.807) is 12.1 Å². The van der Waals surface area contributed by atoms with Gasteiger partial charge in [-0.25, -0.2) is 4.79 Å². The van der Waals surface area contributed by atoms with Crippen molar-refractivity contribution in [3.05, 3.63) is 30.3 Å². The Morgan fingerprint density at radius 1 is 1.18 bits per heavy atom. The summed E-state index contributed by atoms with van der Waals surface area (Å²) in [6.07, 6.45) is 3.09. The van der Waals surface area contributed by atoms with Crippen LogP contribution in [-0.4, -0.2) is 23.1 Å². The topological polar surface area (TPSA) is 29.5 Å². The minimum absolute atomic E-state index is 0.226. The van der Waals surface area contributed by atoms with Crippen LogP contribution in [0.4, 0.5) is 4.79 Å². The van der Waals surface area contributed by atoms with Crippen LogP contribution in [0.15, 0.2) is 30.3 Å². The Labute approximate surface area is 102 Å². The van der Waals surface area contributed by atoms with Gasteiger partial charge in [-0.15, -0.1) is 0 Å². The van der Waals surface area contributed by atoms with E-state index in [9.17, 15) is 4.79 Å². The molecule has 17 heavy (non-hydrogen) atoms. The first-order valence-corrected chi connectivity index (χ1v) is 6.23. The van der Waals surface area contributed by atoms with Crippen molar-refractivity contribution in [2.75, 3.05) is 0 Å². The number of carbonyl (C=O) groups is 1. The van der Waals surface area contributed by atoms with Gasteiger partial charge in [0.05, 0.1) is 0 Å². The van der Waals surface area contributed by atoms with Gasteiger partial charge in [-0.05, 0) is 45.2 Å². The lowest BCUT2D eigenvalue weighted by molar-refractivity contribution is 0.0894. The maximum absolute atomic E-state index is 12.1. The number of hydrogen-bond acceptors (Lipinski definition) is 2. The summed E-state index contributed by atoms with van der Waals surface area (Å²) in [7, 11) is 0. The fourth-order valence-corrected chi connectivity index (χ4v) is 2.42. The molecule has 0 unspecified atom stereocenters. The lowest BCUT2D eigenvalue weighted by atomic mass is 9.98. The number of rotatable bonds is 1. The maximum atomic E-state index is 12.1. The molecular formula is C14H19NO2. The van der Waals surface area contributed by atoms with E-state index < -0.39 is 0 Å². The van der Waals surface area contributed by atoms with Crippen molar-refractivity contribution in [2.24, 2.45) is 0 Å². The zero-order chi connectivity index (χ0) is 12.3. The van der Waals surface area contributed by atoms with Crippen molar-refractivity contribution in [3.63, 3.8) is 0 Å². The van der Waals surface area contributed by atoms with Crippen molar-refractivity contribution in [3.8, 4) is 5.75 Å². The van der Waals surface area contributed by atoms with Gasteiger partial charge < -0.3 is 9.64 Å². The Kier molecular flexibility index (Phi) is 3.67. The lowest BCUT2D eigenvalue weighted by Gasteiger charge is -2.37. The average molecular weight is 233 g/mol. The number of amides is 1. The highest BCUT2D eigenvalue weighted by Gasteiger charge is 2.30. The third-order valence-corrected chi connectivity index (χ3v) is 3.35. The van der Waals surface area contributed by atoms with Crippen molar-refractivity contribution in [1.82, 2.24) is 4.90 Å². The smallest absolute Gasteiger partial charge is 0.410 e. The molecule has 0 saturated carbocycles. The molecular weight excluding hydrogens is 214 g/mol. The number of para-hydroxylation sites is 1. The molecule has 1 aromatic rings. The number of hydrogen-bond donors (Lipinski definition) is 0. The summed E-state index contributed by atoms with van der Waals surface area (Å²) in [5, 5.41) is 0. The number of nitrogens with zero attached hydrogens (tertiary/aromatic N) is 1. The number of likely N-dealkylation sites (tertiary alicyclic amines) is 1. The molecule has 2 atom stereocenters. The largest absolute Gasteiger partial charge is 0.415 e. The second-order valence-corrected chi connectivity index (χ2v) is 4.72. The molecule has 1 fully saturated rings. The highest BCUT2D eigenvalue weighted by molar-refractivity contribution is 5.71. The van der Waals surface area contributed by atoms with Crippen LogP contribution in [0.1, 0.15) is 33.1 Å². The second kappa shape index (κ2) is 5.21. The predicted octanol–water partition coefficient (Wildman–Crippen LogP) is 3.45. The summed E-state index contributed by atoms with van der Waals surface area (Å²) >= 11 is 0. The van der Waals surface area contributed by atoms with Gasteiger partial charge in [-0.1, -0.05) is 18.2 Å². The first kappa shape index (κ1) is 12.0. The Morgan fingerprint density at radius 2 is 1.76 bits per heavy atom. The molecule has 0 aromatic heterocycles. The van der Waals surface area contributed by atoms with Crippen molar-refractivity contribution in [2.45, 2.75) is 45.2 Å². The number of piperidine rings is 1. The van der Waals surface area contributed by atoms with Gasteiger partial charge in [0.25, 0.3) is 0 Å². The summed E-state index contributed by atoms with van der Waals surface area (Å²) < 4.78 is 5.38. The Balaban J connectivity index is 2.04. The van der Waals surface area contributed by atoms with Gasteiger partial charge in [-0.2, -0.15) is 0 Å². The number of carbonyl (C=O) groups excluding carboxylic acids is 1. The first-order chi connectivity index (χ1) is 8.18. The van der Waals surface area contributed by atoms with E-state index in [-0.39, 0.29) is 18.2 Å². The zero-order valence-corrected chi connectivity index (χ0v) is 10.4. The van der Waals surface area contributed by atoms with Crippen molar-refractivity contribution < 1.29 is 9.53 Å². The van der Waals surface area contributed by atoms with Crippen molar-refractivity contribution in [1.29, 1.82) is 0 Å². The van der Waals surface area contributed by atoms with E-state index in [0.717, 1.165) is 12.8 Å². The van der Waals surface area contributed by atoms with E-state index in [1.165, 1.54) is 6.42 Å². The molecule has 1 aromatic carbocycles. The maximum Gasteiger partial charge on any atom is 0.415 e. The molecule has 1 heterocycles. The normalized spacial score (nSPS) is 24.5. The molecule has 3 nitrogen and oxygen atoms in total. The summed E-state index contributed by atoms with van der Waals surface area (Å²) in [6.45, 7) is 4.17. The fourth-order valence-electron chi connectivity index (χ4n) is 2.42. The second-order valence-electron chi connectivity index (χ2n) is 4.72. The summed E-state index contributed by atoms with van der Waals surface area (Å²) in [6, 6.07) is 9.79. The van der Waals surface area contributed by atoms with Crippen LogP contribution in [0.2, 0.25) is 0 Å². The predicted molar refractivity (Wildman–Crippen MR) is 67.1 cm³/mol. The highest BCUT2D eigenvalue weighted by Crippen LogP contribution is 2.24. The van der Waals surface area contributed by atoms with Gasteiger partial charge in [0, 0.05) is 12.1 Å².